The summed E-state index contributed by atoms with van der Waals surface area (Å²) in [5.41, 5.74) is 6.43. The minimum Gasteiger partial charge on any atom is -0.423 e. The highest BCUT2D eigenvalue weighted by molar-refractivity contribution is 5.89. The molecule has 184 valence electrons. The second-order valence-electron chi connectivity index (χ2n) is 8.53. The van der Waals surface area contributed by atoms with Crippen molar-refractivity contribution in [3.8, 4) is 22.6 Å². The van der Waals surface area contributed by atoms with Crippen LogP contribution in [0.4, 0.5) is 17.1 Å². The molecule has 0 bridgehead atoms. The molecule has 0 atom stereocenters. The molecule has 4 aromatic rings. The summed E-state index contributed by atoms with van der Waals surface area (Å²) in [6.07, 6.45) is 1.12. The summed E-state index contributed by atoms with van der Waals surface area (Å²) in [4.78, 5) is 25.5. The van der Waals surface area contributed by atoms with Gasteiger partial charge < -0.3 is 14.4 Å². The molecular weight excluding hydrogens is 462 g/mol. The van der Waals surface area contributed by atoms with E-state index in [-0.39, 0.29) is 0 Å². The zero-order valence-electron chi connectivity index (χ0n) is 20.8. The summed E-state index contributed by atoms with van der Waals surface area (Å²) in [5, 5.41) is 0. The Morgan fingerprint density at radius 3 is 1.51 bits per heavy atom. The van der Waals surface area contributed by atoms with Gasteiger partial charge in [-0.25, -0.2) is 9.59 Å². The van der Waals surface area contributed by atoms with Crippen LogP contribution in [0.3, 0.4) is 0 Å². The van der Waals surface area contributed by atoms with Crippen LogP contribution in [0.5, 0.6) is 11.5 Å². The first-order valence-electron chi connectivity index (χ1n) is 11.7. The van der Waals surface area contributed by atoms with Gasteiger partial charge in [0.25, 0.3) is 0 Å². The van der Waals surface area contributed by atoms with E-state index < -0.39 is 11.9 Å². The standard InChI is InChI=1S/C32H27NO4/c1-5-31(34)36-29-18-14-27(15-19-29)33(28-16-20-30(21-17-28)37-32(35)22(2)3)26-12-10-25(11-13-26)24-8-6-23(4)7-9-24/h5-21H,1-2H2,3-4H3. The first-order chi connectivity index (χ1) is 17.8. The molecule has 0 fully saturated rings. The Bertz CT molecular complexity index is 1420. The summed E-state index contributed by atoms with van der Waals surface area (Å²) in [6, 6.07) is 31.1. The first kappa shape index (κ1) is 25.2. The number of hydrogen-bond donors (Lipinski definition) is 0. The molecule has 0 N–H and O–H groups in total. The SMILES string of the molecule is C=CC(=O)Oc1ccc(N(c2ccc(OC(=O)C(=C)C)cc2)c2ccc(-c3ccc(C)cc3)cc2)cc1. The fraction of sp³-hybridized carbons (Fsp3) is 0.0625. The Morgan fingerprint density at radius 2 is 1.08 bits per heavy atom. The lowest BCUT2D eigenvalue weighted by molar-refractivity contribution is -0.130. The highest BCUT2D eigenvalue weighted by atomic mass is 16.5. The number of benzene rings is 4. The van der Waals surface area contributed by atoms with Gasteiger partial charge in [-0.15, -0.1) is 0 Å². The van der Waals surface area contributed by atoms with E-state index in [1.165, 1.54) is 5.56 Å². The first-order valence-corrected chi connectivity index (χ1v) is 11.7. The van der Waals surface area contributed by atoms with Crippen molar-refractivity contribution in [2.45, 2.75) is 13.8 Å². The molecule has 0 aliphatic carbocycles. The normalized spacial score (nSPS) is 10.3. The molecule has 37 heavy (non-hydrogen) atoms. The minimum atomic E-state index is -0.517. The summed E-state index contributed by atoms with van der Waals surface area (Å²) in [5.74, 6) is -0.138. The van der Waals surface area contributed by atoms with E-state index in [0.29, 0.717) is 17.1 Å². The predicted octanol–water partition coefficient (Wildman–Crippen LogP) is 7.70. The maximum absolute atomic E-state index is 11.9. The van der Waals surface area contributed by atoms with Crippen LogP contribution in [0.2, 0.25) is 0 Å². The van der Waals surface area contributed by atoms with Gasteiger partial charge in [0.2, 0.25) is 0 Å². The van der Waals surface area contributed by atoms with Crippen LogP contribution in [-0.4, -0.2) is 11.9 Å². The van der Waals surface area contributed by atoms with Crippen molar-refractivity contribution in [1.82, 2.24) is 0 Å². The van der Waals surface area contributed by atoms with Crippen molar-refractivity contribution < 1.29 is 19.1 Å². The highest BCUT2D eigenvalue weighted by Gasteiger charge is 2.14. The van der Waals surface area contributed by atoms with E-state index in [1.807, 2.05) is 24.3 Å². The monoisotopic (exact) mass is 489 g/mol. The largest absolute Gasteiger partial charge is 0.423 e. The van der Waals surface area contributed by atoms with Crippen LogP contribution in [-0.2, 0) is 9.59 Å². The van der Waals surface area contributed by atoms with Crippen molar-refractivity contribution in [2.24, 2.45) is 0 Å². The Balaban J connectivity index is 1.68. The van der Waals surface area contributed by atoms with Gasteiger partial charge >= 0.3 is 11.9 Å². The van der Waals surface area contributed by atoms with E-state index in [1.54, 1.807) is 31.2 Å². The number of hydrogen-bond acceptors (Lipinski definition) is 5. The topological polar surface area (TPSA) is 55.8 Å². The van der Waals surface area contributed by atoms with Crippen LogP contribution in [0.15, 0.2) is 122 Å². The van der Waals surface area contributed by atoms with Crippen LogP contribution in [0.25, 0.3) is 11.1 Å². The molecule has 4 rings (SSSR count). The molecule has 0 heterocycles. The smallest absolute Gasteiger partial charge is 0.338 e. The molecule has 0 radical (unpaired) electrons. The molecule has 0 amide bonds. The number of carbonyl (C=O) groups is 2. The summed E-state index contributed by atoms with van der Waals surface area (Å²) >= 11 is 0. The van der Waals surface area contributed by atoms with Gasteiger partial charge in [-0.3, -0.25) is 0 Å². The summed E-state index contributed by atoms with van der Waals surface area (Å²) < 4.78 is 10.6. The molecule has 0 saturated carbocycles. The Morgan fingerprint density at radius 1 is 0.676 bits per heavy atom. The molecular formula is C32H27NO4. The van der Waals surface area contributed by atoms with Gasteiger partial charge in [0.05, 0.1) is 0 Å². The van der Waals surface area contributed by atoms with Crippen molar-refractivity contribution >= 4 is 29.0 Å². The number of rotatable bonds is 8. The van der Waals surface area contributed by atoms with Crippen LogP contribution >= 0.6 is 0 Å². The number of nitrogens with zero attached hydrogens (tertiary/aromatic N) is 1. The molecule has 5 nitrogen and oxygen atoms in total. The maximum Gasteiger partial charge on any atom is 0.338 e. The molecule has 0 aromatic heterocycles. The summed E-state index contributed by atoms with van der Waals surface area (Å²) in [6.45, 7) is 10.7. The van der Waals surface area contributed by atoms with Gasteiger partial charge in [-0.2, -0.15) is 0 Å². The van der Waals surface area contributed by atoms with E-state index in [4.69, 9.17) is 9.47 Å². The van der Waals surface area contributed by atoms with Crippen LogP contribution < -0.4 is 14.4 Å². The number of aryl methyl sites for hydroxylation is 1. The van der Waals surface area contributed by atoms with Crippen molar-refractivity contribution in [1.29, 1.82) is 0 Å². The van der Waals surface area contributed by atoms with Crippen molar-refractivity contribution in [3.05, 3.63) is 127 Å². The molecule has 0 saturated heterocycles. The van der Waals surface area contributed by atoms with Gasteiger partial charge in [0.1, 0.15) is 11.5 Å². The Hall–Kier alpha value is -4.90. The molecule has 4 aromatic carbocycles. The van der Waals surface area contributed by atoms with Crippen molar-refractivity contribution in [2.75, 3.05) is 4.90 Å². The molecule has 0 aliphatic heterocycles. The average molecular weight is 490 g/mol. The van der Waals surface area contributed by atoms with E-state index >= 15 is 0 Å². The third-order valence-electron chi connectivity index (χ3n) is 5.64. The lowest BCUT2D eigenvalue weighted by Crippen LogP contribution is -2.11. The van der Waals surface area contributed by atoms with E-state index in [2.05, 4.69) is 73.5 Å². The Kier molecular flexibility index (Phi) is 7.65. The molecule has 0 spiro atoms. The number of carbonyl (C=O) groups excluding carboxylic acids is 2. The fourth-order valence-corrected chi connectivity index (χ4v) is 3.67. The van der Waals surface area contributed by atoms with E-state index in [9.17, 15) is 9.59 Å². The molecule has 0 aliphatic rings. The average Bonchev–Trinajstić information content (AvgIpc) is 2.91. The molecule has 0 unspecified atom stereocenters. The fourth-order valence-electron chi connectivity index (χ4n) is 3.67. The van der Waals surface area contributed by atoms with Gasteiger partial charge in [-0.1, -0.05) is 55.1 Å². The number of ether oxygens (including phenoxy) is 2. The predicted molar refractivity (Wildman–Crippen MR) is 148 cm³/mol. The third kappa shape index (κ3) is 6.21. The Labute approximate surface area is 216 Å². The van der Waals surface area contributed by atoms with Crippen molar-refractivity contribution in [3.63, 3.8) is 0 Å². The third-order valence-corrected chi connectivity index (χ3v) is 5.64. The zero-order chi connectivity index (χ0) is 26.4. The van der Waals surface area contributed by atoms with Gasteiger partial charge in [-0.05, 0) is 85.6 Å². The van der Waals surface area contributed by atoms with E-state index in [0.717, 1.165) is 34.3 Å². The maximum atomic E-state index is 11.9. The lowest BCUT2D eigenvalue weighted by atomic mass is 10.0. The minimum absolute atomic E-state index is 0.330. The second kappa shape index (κ2) is 11.2. The quantitative estimate of drug-likeness (QED) is 0.144. The van der Waals surface area contributed by atoms with Gasteiger partial charge in [0, 0.05) is 28.7 Å². The lowest BCUT2D eigenvalue weighted by Gasteiger charge is -2.26. The van der Waals surface area contributed by atoms with Crippen LogP contribution in [0, 0.1) is 6.92 Å². The van der Waals surface area contributed by atoms with Crippen LogP contribution in [0.1, 0.15) is 12.5 Å². The second-order valence-corrected chi connectivity index (χ2v) is 8.53. The highest BCUT2D eigenvalue weighted by Crippen LogP contribution is 2.37. The number of esters is 2. The van der Waals surface area contributed by atoms with Gasteiger partial charge in [0.15, 0.2) is 0 Å². The summed E-state index contributed by atoms with van der Waals surface area (Å²) in [7, 11) is 0. The number of anilines is 3. The zero-order valence-corrected chi connectivity index (χ0v) is 20.8. The molecule has 5 heteroatoms.